The minimum Gasteiger partial charge on any atom is -0.496 e. The lowest BCUT2D eigenvalue weighted by Gasteiger charge is -2.07. The van der Waals surface area contributed by atoms with Crippen LogP contribution < -0.4 is 4.74 Å². The molecule has 0 saturated carbocycles. The van der Waals surface area contributed by atoms with Crippen molar-refractivity contribution in [1.82, 2.24) is 0 Å². The molecule has 1 aromatic rings. The van der Waals surface area contributed by atoms with Crippen molar-refractivity contribution in [2.45, 2.75) is 12.7 Å². The highest BCUT2D eigenvalue weighted by molar-refractivity contribution is 7.90. The summed E-state index contributed by atoms with van der Waals surface area (Å²) in [5, 5.41) is 0. The number of ether oxygens (including phenoxy) is 1. The third-order valence-corrected chi connectivity index (χ3v) is 3.64. The van der Waals surface area contributed by atoms with Crippen LogP contribution in [0.5, 0.6) is 5.75 Å². The highest BCUT2D eigenvalue weighted by Crippen LogP contribution is 2.19. The number of para-hydroxylation sites is 1. The molecule has 0 aliphatic heterocycles. The molecule has 0 fully saturated rings. The number of hydrogen-bond donors (Lipinski definition) is 0. The highest BCUT2D eigenvalue weighted by atomic mass is 32.2. The fourth-order valence-corrected chi connectivity index (χ4v) is 2.08. The molecule has 0 aliphatic carbocycles. The fourth-order valence-electron chi connectivity index (χ4n) is 1.16. The average molecular weight is 214 g/mol. The first-order chi connectivity index (χ1) is 6.59. The summed E-state index contributed by atoms with van der Waals surface area (Å²) in [6.07, 6.45) is 0. The molecule has 0 bridgehead atoms. The van der Waals surface area contributed by atoms with E-state index in [2.05, 4.69) is 0 Å². The Labute approximate surface area is 84.6 Å². The molecule has 0 N–H and O–H groups in total. The van der Waals surface area contributed by atoms with Gasteiger partial charge >= 0.3 is 0 Å². The Bertz CT molecular complexity index is 396. The van der Waals surface area contributed by atoms with Crippen LogP contribution in [0.3, 0.4) is 0 Å². The van der Waals surface area contributed by atoms with E-state index in [1.807, 2.05) is 12.1 Å². The van der Waals surface area contributed by atoms with Crippen molar-refractivity contribution in [2.24, 2.45) is 0 Å². The van der Waals surface area contributed by atoms with Gasteiger partial charge in [-0.05, 0) is 6.07 Å². The predicted molar refractivity (Wildman–Crippen MR) is 56.2 cm³/mol. The summed E-state index contributed by atoms with van der Waals surface area (Å²) in [4.78, 5) is 0. The van der Waals surface area contributed by atoms with Crippen molar-refractivity contribution in [1.29, 1.82) is 0 Å². The summed E-state index contributed by atoms with van der Waals surface area (Å²) in [5.74, 6) is 0.836. The van der Waals surface area contributed by atoms with E-state index in [0.29, 0.717) is 5.75 Å². The van der Waals surface area contributed by atoms with Gasteiger partial charge in [-0.2, -0.15) is 0 Å². The van der Waals surface area contributed by atoms with Crippen molar-refractivity contribution < 1.29 is 13.2 Å². The Morgan fingerprint density at radius 1 is 1.29 bits per heavy atom. The van der Waals surface area contributed by atoms with Crippen molar-refractivity contribution in [2.75, 3.05) is 12.9 Å². The van der Waals surface area contributed by atoms with E-state index in [-0.39, 0.29) is 11.5 Å². The molecule has 0 saturated heterocycles. The number of rotatable bonds is 4. The van der Waals surface area contributed by atoms with Gasteiger partial charge in [0.2, 0.25) is 0 Å². The lowest BCUT2D eigenvalue weighted by Crippen LogP contribution is -2.07. The number of sulfone groups is 1. The lowest BCUT2D eigenvalue weighted by atomic mass is 10.2. The second-order valence-electron chi connectivity index (χ2n) is 2.99. The third-order valence-electron chi connectivity index (χ3n) is 2.01. The van der Waals surface area contributed by atoms with Gasteiger partial charge < -0.3 is 4.74 Å². The minimum absolute atomic E-state index is 0.0491. The molecule has 0 heterocycles. The van der Waals surface area contributed by atoms with Crippen molar-refractivity contribution in [3.8, 4) is 5.75 Å². The Morgan fingerprint density at radius 3 is 2.50 bits per heavy atom. The molecule has 0 atom stereocenters. The van der Waals surface area contributed by atoms with Gasteiger partial charge in [0.05, 0.1) is 12.9 Å². The molecular formula is C10H14O3S. The molecule has 14 heavy (non-hydrogen) atoms. The van der Waals surface area contributed by atoms with E-state index in [1.165, 1.54) is 7.11 Å². The van der Waals surface area contributed by atoms with Crippen LogP contribution in [0, 0.1) is 0 Å². The Kier molecular flexibility index (Phi) is 3.52. The molecule has 3 nitrogen and oxygen atoms in total. The second-order valence-corrected chi connectivity index (χ2v) is 5.34. The molecule has 1 rings (SSSR count). The molecule has 1 aromatic carbocycles. The van der Waals surface area contributed by atoms with Gasteiger partial charge in [-0.3, -0.25) is 0 Å². The van der Waals surface area contributed by atoms with E-state index in [1.54, 1.807) is 19.1 Å². The maximum atomic E-state index is 11.4. The Morgan fingerprint density at radius 2 is 1.93 bits per heavy atom. The predicted octanol–water partition coefficient (Wildman–Crippen LogP) is 1.63. The smallest absolute Gasteiger partial charge is 0.154 e. The summed E-state index contributed by atoms with van der Waals surface area (Å²) in [6, 6.07) is 7.16. The summed E-state index contributed by atoms with van der Waals surface area (Å²) < 4.78 is 27.8. The second kappa shape index (κ2) is 4.46. The van der Waals surface area contributed by atoms with E-state index >= 15 is 0 Å². The summed E-state index contributed by atoms with van der Waals surface area (Å²) in [7, 11) is -1.45. The van der Waals surface area contributed by atoms with Crippen LogP contribution in [0.25, 0.3) is 0 Å². The molecule has 0 radical (unpaired) electrons. The first kappa shape index (κ1) is 11.0. The van der Waals surface area contributed by atoms with Gasteiger partial charge in [-0.1, -0.05) is 25.1 Å². The molecule has 78 valence electrons. The van der Waals surface area contributed by atoms with Gasteiger partial charge in [0.1, 0.15) is 5.75 Å². The summed E-state index contributed by atoms with van der Waals surface area (Å²) >= 11 is 0. The van der Waals surface area contributed by atoms with Crippen molar-refractivity contribution >= 4 is 9.84 Å². The fraction of sp³-hybridized carbons (Fsp3) is 0.400. The van der Waals surface area contributed by atoms with E-state index in [4.69, 9.17) is 4.74 Å². The zero-order valence-corrected chi connectivity index (χ0v) is 9.17. The first-order valence-corrected chi connectivity index (χ1v) is 6.23. The van der Waals surface area contributed by atoms with Gasteiger partial charge in [0.25, 0.3) is 0 Å². The molecule has 4 heteroatoms. The molecule has 0 amide bonds. The van der Waals surface area contributed by atoms with Crippen LogP contribution in [0.15, 0.2) is 24.3 Å². The van der Waals surface area contributed by atoms with Crippen molar-refractivity contribution in [3.63, 3.8) is 0 Å². The molecular weight excluding hydrogens is 200 g/mol. The van der Waals surface area contributed by atoms with Crippen molar-refractivity contribution in [3.05, 3.63) is 29.8 Å². The normalized spacial score (nSPS) is 11.3. The summed E-state index contributed by atoms with van der Waals surface area (Å²) in [5.41, 5.74) is 0.719. The topological polar surface area (TPSA) is 43.4 Å². The quantitative estimate of drug-likeness (QED) is 0.765. The monoisotopic (exact) mass is 214 g/mol. The first-order valence-electron chi connectivity index (χ1n) is 4.41. The lowest BCUT2D eigenvalue weighted by molar-refractivity contribution is 0.411. The van der Waals surface area contributed by atoms with E-state index < -0.39 is 9.84 Å². The Balaban J connectivity index is 2.97. The van der Waals surface area contributed by atoms with Crippen LogP contribution in [0.1, 0.15) is 12.5 Å². The number of benzene rings is 1. The zero-order chi connectivity index (χ0) is 10.6. The molecule has 0 aromatic heterocycles. The van der Waals surface area contributed by atoms with Gasteiger partial charge in [-0.25, -0.2) is 8.42 Å². The number of hydrogen-bond acceptors (Lipinski definition) is 3. The molecule has 0 unspecified atom stereocenters. The van der Waals surface area contributed by atoms with E-state index in [0.717, 1.165) is 5.56 Å². The van der Waals surface area contributed by atoms with Crippen LogP contribution in [0.2, 0.25) is 0 Å². The summed E-state index contributed by atoms with van der Waals surface area (Å²) in [6.45, 7) is 1.64. The Hall–Kier alpha value is -1.03. The van der Waals surface area contributed by atoms with Gasteiger partial charge in [0, 0.05) is 11.3 Å². The standard InChI is InChI=1S/C10H14O3S/c1-3-14(11,12)8-9-6-4-5-7-10(9)13-2/h4-7H,3,8H2,1-2H3. The largest absolute Gasteiger partial charge is 0.496 e. The zero-order valence-electron chi connectivity index (χ0n) is 8.36. The van der Waals surface area contributed by atoms with Crippen LogP contribution in [-0.2, 0) is 15.6 Å². The molecule has 0 aliphatic rings. The SMILES string of the molecule is CCS(=O)(=O)Cc1ccccc1OC. The van der Waals surface area contributed by atoms with Crippen LogP contribution in [0.4, 0.5) is 0 Å². The minimum atomic E-state index is -2.99. The van der Waals surface area contributed by atoms with Gasteiger partial charge in [0.15, 0.2) is 9.84 Å². The van der Waals surface area contributed by atoms with E-state index in [9.17, 15) is 8.42 Å². The molecule has 0 spiro atoms. The maximum Gasteiger partial charge on any atom is 0.154 e. The van der Waals surface area contributed by atoms with Gasteiger partial charge in [-0.15, -0.1) is 0 Å². The van der Waals surface area contributed by atoms with Crippen LogP contribution in [-0.4, -0.2) is 21.3 Å². The average Bonchev–Trinajstić information content (AvgIpc) is 2.18. The maximum absolute atomic E-state index is 11.4. The van der Waals surface area contributed by atoms with Crippen LogP contribution >= 0.6 is 0 Å². The number of methoxy groups -OCH3 is 1. The highest BCUT2D eigenvalue weighted by Gasteiger charge is 2.11. The third kappa shape index (κ3) is 2.73.